The third-order valence-electron chi connectivity index (χ3n) is 7.54. The van der Waals surface area contributed by atoms with Crippen molar-refractivity contribution in [2.75, 3.05) is 44.3 Å². The van der Waals surface area contributed by atoms with Gasteiger partial charge in [0.25, 0.3) is 15.6 Å². The van der Waals surface area contributed by atoms with Crippen LogP contribution in [-0.2, 0) is 20.4 Å². The van der Waals surface area contributed by atoms with Gasteiger partial charge in [-0.05, 0) is 17.9 Å². The van der Waals surface area contributed by atoms with Crippen LogP contribution in [0.3, 0.4) is 0 Å². The minimum absolute atomic E-state index is 0.0142. The van der Waals surface area contributed by atoms with E-state index in [4.69, 9.17) is 4.74 Å². The van der Waals surface area contributed by atoms with Crippen LogP contribution in [-0.4, -0.2) is 114 Å². The van der Waals surface area contributed by atoms with Gasteiger partial charge in [0.2, 0.25) is 5.95 Å². The first-order valence-corrected chi connectivity index (χ1v) is 14.5. The largest absolute Gasteiger partial charge is 0.430 e. The normalized spacial score (nSPS) is 27.4. The van der Waals surface area contributed by atoms with E-state index in [9.17, 15) is 45.0 Å². The van der Waals surface area contributed by atoms with Gasteiger partial charge in [-0.15, -0.1) is 11.3 Å². The van der Waals surface area contributed by atoms with Crippen molar-refractivity contribution in [3.8, 4) is 0 Å². The highest BCUT2D eigenvalue weighted by Gasteiger charge is 2.71. The molecule has 4 atom stereocenters. The zero-order valence-corrected chi connectivity index (χ0v) is 22.2. The summed E-state index contributed by atoms with van der Waals surface area (Å²) in [4.78, 5) is 11.0. The molecule has 10 nitrogen and oxygen atoms in total. The maximum absolute atomic E-state index is 13.3. The van der Waals surface area contributed by atoms with Crippen LogP contribution in [0.4, 0.5) is 32.3 Å². The second-order valence-electron chi connectivity index (χ2n) is 9.88. The Morgan fingerprint density at radius 1 is 1.07 bits per heavy atom. The van der Waals surface area contributed by atoms with E-state index in [1.54, 1.807) is 11.4 Å². The summed E-state index contributed by atoms with van der Waals surface area (Å²) in [6.45, 7) is 0.658. The lowest BCUT2D eigenvalue weighted by atomic mass is 9.95. The zero-order chi connectivity index (χ0) is 29.1. The van der Waals surface area contributed by atoms with Gasteiger partial charge in [0.15, 0.2) is 0 Å². The Hall–Kier alpha value is -2.09. The van der Waals surface area contributed by atoms with E-state index < -0.39 is 45.7 Å². The Morgan fingerprint density at radius 2 is 1.75 bits per heavy atom. The lowest BCUT2D eigenvalue weighted by molar-refractivity contribution is -0.376. The molecule has 5 heterocycles. The van der Waals surface area contributed by atoms with Gasteiger partial charge in [-0.3, -0.25) is 4.90 Å². The molecular weight excluding hydrogens is 592 g/mol. The number of alkyl halides is 6. The van der Waals surface area contributed by atoms with Gasteiger partial charge in [-0.2, -0.15) is 30.6 Å². The maximum Gasteiger partial charge on any atom is 0.430 e. The van der Waals surface area contributed by atoms with Crippen molar-refractivity contribution in [3.63, 3.8) is 0 Å². The lowest BCUT2D eigenvalue weighted by Crippen LogP contribution is -2.61. The van der Waals surface area contributed by atoms with Crippen LogP contribution >= 0.6 is 11.3 Å². The number of fused-ring (bicyclic) bond motifs is 2. The molecule has 40 heavy (non-hydrogen) atoms. The molecule has 222 valence electrons. The molecule has 3 saturated heterocycles. The molecule has 0 saturated carbocycles. The first kappa shape index (κ1) is 29.4. The van der Waals surface area contributed by atoms with Crippen molar-refractivity contribution >= 4 is 27.3 Å². The molecule has 2 bridgehead atoms. The summed E-state index contributed by atoms with van der Waals surface area (Å²) in [6, 6.07) is 1.87. The van der Waals surface area contributed by atoms with E-state index in [1.807, 2.05) is 4.90 Å². The van der Waals surface area contributed by atoms with Gasteiger partial charge in [0.05, 0.1) is 31.4 Å². The molecule has 0 radical (unpaired) electrons. The van der Waals surface area contributed by atoms with E-state index in [2.05, 4.69) is 9.97 Å². The Balaban J connectivity index is 1.45. The third kappa shape index (κ3) is 4.96. The predicted octanol–water partition coefficient (Wildman–Crippen LogP) is 1.56. The van der Waals surface area contributed by atoms with Gasteiger partial charge in [-0.25, -0.2) is 18.4 Å². The first-order valence-electron chi connectivity index (χ1n) is 12.1. The quantitative estimate of drug-likeness (QED) is 0.466. The predicted molar refractivity (Wildman–Crippen MR) is 128 cm³/mol. The fraction of sp³-hybridized carbons (Fsp3) is 0.636. The highest BCUT2D eigenvalue weighted by atomic mass is 32.2. The monoisotopic (exact) mass is 617 g/mol. The Labute approximate surface area is 228 Å². The smallest absolute Gasteiger partial charge is 0.391 e. The van der Waals surface area contributed by atoms with E-state index in [1.165, 1.54) is 15.3 Å². The van der Waals surface area contributed by atoms with Crippen LogP contribution in [0.5, 0.6) is 0 Å². The van der Waals surface area contributed by atoms with Crippen LogP contribution in [0.15, 0.2) is 34.1 Å². The number of sulfonamides is 1. The molecular formula is C22H25F6N5O5S2. The number of rotatable bonds is 6. The summed E-state index contributed by atoms with van der Waals surface area (Å²) in [7, 11) is -3.87. The topological polar surface area (TPSA) is 119 Å². The number of ether oxygens (including phenoxy) is 1. The second-order valence-corrected chi connectivity index (χ2v) is 13.0. The third-order valence-corrected chi connectivity index (χ3v) is 10.8. The number of morpholine rings is 1. The number of aliphatic hydroxyl groups is 2. The molecule has 3 fully saturated rings. The highest BCUT2D eigenvalue weighted by molar-refractivity contribution is 7.91. The number of halogens is 6. The summed E-state index contributed by atoms with van der Waals surface area (Å²) >= 11 is 1.04. The standard InChI is InChI=1S/C22H25F6N5O5S2/c23-21(24,25)20(35,22(26,27)28)13-7-29-19(30-8-13)32-4-3-31(40(36,37)18-2-1-5-39-18)9-15(32)10-33-14-6-17(34)16(33)12-38-11-14/h1-2,5,7-8,14-17,34-35H,3-4,6,9-12H2/t14-,15+,16-,17?/m0/s1. The number of hydrogen-bond acceptors (Lipinski definition) is 10. The molecule has 0 spiro atoms. The van der Waals surface area contributed by atoms with Crippen LogP contribution in [0.1, 0.15) is 12.0 Å². The number of piperazine rings is 1. The fourth-order valence-corrected chi connectivity index (χ4v) is 8.05. The second kappa shape index (κ2) is 10.3. The average Bonchev–Trinajstić information content (AvgIpc) is 3.48. The maximum atomic E-state index is 13.3. The highest BCUT2D eigenvalue weighted by Crippen LogP contribution is 2.49. The van der Waals surface area contributed by atoms with Crippen LogP contribution in [0.2, 0.25) is 0 Å². The van der Waals surface area contributed by atoms with Crippen LogP contribution < -0.4 is 4.90 Å². The van der Waals surface area contributed by atoms with E-state index in [0.717, 1.165) is 11.3 Å². The van der Waals surface area contributed by atoms with Crippen molar-refractivity contribution in [1.29, 1.82) is 0 Å². The van der Waals surface area contributed by atoms with E-state index >= 15 is 0 Å². The van der Waals surface area contributed by atoms with Gasteiger partial charge >= 0.3 is 12.4 Å². The molecule has 18 heteroatoms. The van der Waals surface area contributed by atoms with Gasteiger partial charge in [0, 0.05) is 50.2 Å². The SMILES string of the molecule is O=S(=O)(c1cccs1)N1CCN(c2ncc(C(O)(C(F)(F)F)C(F)(F)F)cn2)[C@@H](CN2[C@@H]3COC[C@H]2C(O)C3)C1. The van der Waals surface area contributed by atoms with Crippen molar-refractivity contribution in [3.05, 3.63) is 35.5 Å². The van der Waals surface area contributed by atoms with Crippen LogP contribution in [0.25, 0.3) is 0 Å². The van der Waals surface area contributed by atoms with E-state index in [0.29, 0.717) is 13.0 Å². The molecule has 5 rings (SSSR count). The summed E-state index contributed by atoms with van der Waals surface area (Å²) in [5.41, 5.74) is -6.77. The molecule has 0 amide bonds. The Bertz CT molecular complexity index is 1280. The molecule has 2 N–H and O–H groups in total. The Kier molecular flexibility index (Phi) is 7.59. The molecule has 1 unspecified atom stereocenters. The Morgan fingerprint density at radius 3 is 2.33 bits per heavy atom. The van der Waals surface area contributed by atoms with Crippen molar-refractivity contribution in [2.24, 2.45) is 0 Å². The van der Waals surface area contributed by atoms with Crippen molar-refractivity contribution in [1.82, 2.24) is 19.2 Å². The van der Waals surface area contributed by atoms with Crippen molar-refractivity contribution in [2.45, 2.75) is 52.8 Å². The lowest BCUT2D eigenvalue weighted by Gasteiger charge is -2.45. The number of thiophene rings is 1. The number of hydrogen-bond donors (Lipinski definition) is 2. The fourth-order valence-electron chi connectivity index (χ4n) is 5.43. The summed E-state index contributed by atoms with van der Waals surface area (Å²) in [5, 5.41) is 21.7. The van der Waals surface area contributed by atoms with Crippen LogP contribution in [0, 0.1) is 0 Å². The zero-order valence-electron chi connectivity index (χ0n) is 20.6. The first-order chi connectivity index (χ1) is 18.6. The summed E-state index contributed by atoms with van der Waals surface area (Å²) in [5.74, 6) is -0.227. The van der Waals surface area contributed by atoms with Crippen molar-refractivity contribution < 1.29 is 49.7 Å². The van der Waals surface area contributed by atoms with E-state index in [-0.39, 0.29) is 67.4 Å². The summed E-state index contributed by atoms with van der Waals surface area (Å²) in [6.07, 6.45) is -11.9. The van der Waals surface area contributed by atoms with Gasteiger partial charge in [0.1, 0.15) is 4.21 Å². The number of anilines is 1. The molecule has 3 aliphatic heterocycles. The molecule has 0 aromatic carbocycles. The minimum Gasteiger partial charge on any atom is -0.391 e. The number of nitrogens with zero attached hydrogens (tertiary/aromatic N) is 5. The number of aromatic nitrogens is 2. The molecule has 2 aromatic heterocycles. The molecule has 0 aliphatic carbocycles. The van der Waals surface area contributed by atoms with Gasteiger partial charge < -0.3 is 19.8 Å². The summed E-state index contributed by atoms with van der Waals surface area (Å²) < 4.78 is 113. The minimum atomic E-state index is -6.09. The molecule has 2 aromatic rings. The molecule has 3 aliphatic rings. The average molecular weight is 618 g/mol. The number of aliphatic hydroxyl groups excluding tert-OH is 1. The van der Waals surface area contributed by atoms with Gasteiger partial charge in [-0.1, -0.05) is 6.07 Å².